The van der Waals surface area contributed by atoms with Crippen LogP contribution in [0.15, 0.2) is 60.0 Å². The molecule has 0 bridgehead atoms. The Bertz CT molecular complexity index is 1100. The molecule has 1 aliphatic rings. The van der Waals surface area contributed by atoms with E-state index in [1.807, 2.05) is 49.4 Å². The third-order valence-electron chi connectivity index (χ3n) is 4.61. The standard InChI is InChI=1S/C21H17ClN4O2/c1-2-27-13-9-7-12(8-10-13)19-18-17(14-5-3-4-6-16(14)22)15(11-23)20(24)28-21(18)26-25-19/h3-10,17H,2,24H2,1H3,(H,25,26)/t17-/m1/s1. The van der Waals surface area contributed by atoms with Gasteiger partial charge in [0.15, 0.2) is 0 Å². The molecule has 2 heterocycles. The highest BCUT2D eigenvalue weighted by atomic mass is 35.5. The van der Waals surface area contributed by atoms with Crippen molar-refractivity contribution in [2.24, 2.45) is 5.73 Å². The number of rotatable bonds is 4. The third kappa shape index (κ3) is 2.96. The SMILES string of the molecule is CCOc1ccc(-c2[nH]nc3c2[C@H](c2ccccc2Cl)C(C#N)=C(N)O3)cc1. The Hall–Kier alpha value is -3.43. The van der Waals surface area contributed by atoms with Crippen LogP contribution in [-0.4, -0.2) is 16.8 Å². The van der Waals surface area contributed by atoms with E-state index in [9.17, 15) is 5.26 Å². The normalized spacial score (nSPS) is 15.5. The minimum absolute atomic E-state index is 0.0321. The van der Waals surface area contributed by atoms with E-state index in [0.29, 0.717) is 23.1 Å². The summed E-state index contributed by atoms with van der Waals surface area (Å²) in [6.07, 6.45) is 0. The Morgan fingerprint density at radius 1 is 1.25 bits per heavy atom. The second kappa shape index (κ2) is 7.29. The van der Waals surface area contributed by atoms with Crippen molar-refractivity contribution in [3.8, 4) is 29.0 Å². The number of allylic oxidation sites excluding steroid dienone is 1. The molecule has 0 spiro atoms. The fourth-order valence-corrected chi connectivity index (χ4v) is 3.61. The van der Waals surface area contributed by atoms with Crippen LogP contribution in [0.5, 0.6) is 11.6 Å². The van der Waals surface area contributed by atoms with E-state index in [2.05, 4.69) is 16.3 Å². The average Bonchev–Trinajstić information content (AvgIpc) is 3.12. The first-order chi connectivity index (χ1) is 13.6. The maximum Gasteiger partial charge on any atom is 0.244 e. The molecule has 3 aromatic rings. The average molecular weight is 393 g/mol. The Morgan fingerprint density at radius 2 is 2.00 bits per heavy atom. The third-order valence-corrected chi connectivity index (χ3v) is 4.95. The van der Waals surface area contributed by atoms with Crippen molar-refractivity contribution in [3.05, 3.63) is 76.1 Å². The highest BCUT2D eigenvalue weighted by molar-refractivity contribution is 6.31. The summed E-state index contributed by atoms with van der Waals surface area (Å²) in [5, 5.41) is 17.6. The van der Waals surface area contributed by atoms with Gasteiger partial charge in [0.25, 0.3) is 0 Å². The molecule has 6 nitrogen and oxygen atoms in total. The summed E-state index contributed by atoms with van der Waals surface area (Å²) < 4.78 is 11.1. The lowest BCUT2D eigenvalue weighted by Gasteiger charge is -2.24. The molecule has 140 valence electrons. The fourth-order valence-electron chi connectivity index (χ4n) is 3.37. The van der Waals surface area contributed by atoms with Crippen LogP contribution in [0, 0.1) is 11.3 Å². The molecule has 0 amide bonds. The van der Waals surface area contributed by atoms with Gasteiger partial charge in [0.1, 0.15) is 17.4 Å². The van der Waals surface area contributed by atoms with Gasteiger partial charge in [-0.05, 0) is 42.8 Å². The molecule has 3 N–H and O–H groups in total. The van der Waals surface area contributed by atoms with Crippen molar-refractivity contribution in [2.45, 2.75) is 12.8 Å². The molecule has 1 aliphatic heterocycles. The Kier molecular flexibility index (Phi) is 4.68. The van der Waals surface area contributed by atoms with Crippen LogP contribution in [0.2, 0.25) is 5.02 Å². The lowest BCUT2D eigenvalue weighted by molar-refractivity contribution is 0.340. The number of nitrogens with one attached hydrogen (secondary N) is 1. The van der Waals surface area contributed by atoms with Crippen LogP contribution < -0.4 is 15.2 Å². The van der Waals surface area contributed by atoms with Crippen LogP contribution in [0.25, 0.3) is 11.3 Å². The fraction of sp³-hybridized carbons (Fsp3) is 0.143. The van der Waals surface area contributed by atoms with Crippen molar-refractivity contribution < 1.29 is 9.47 Å². The van der Waals surface area contributed by atoms with E-state index in [-0.39, 0.29) is 5.88 Å². The number of aromatic amines is 1. The Morgan fingerprint density at radius 3 is 2.68 bits per heavy atom. The first-order valence-corrected chi connectivity index (χ1v) is 9.15. The van der Waals surface area contributed by atoms with Gasteiger partial charge in [-0.15, -0.1) is 5.10 Å². The number of hydrogen-bond acceptors (Lipinski definition) is 5. The predicted molar refractivity (Wildman–Crippen MR) is 106 cm³/mol. The molecule has 0 aliphatic carbocycles. The molecule has 0 unspecified atom stereocenters. The molecule has 0 saturated carbocycles. The zero-order valence-electron chi connectivity index (χ0n) is 15.1. The van der Waals surface area contributed by atoms with Crippen LogP contribution in [-0.2, 0) is 0 Å². The zero-order chi connectivity index (χ0) is 19.7. The molecule has 4 rings (SSSR count). The largest absolute Gasteiger partial charge is 0.494 e. The van der Waals surface area contributed by atoms with Gasteiger partial charge in [0.2, 0.25) is 11.8 Å². The van der Waals surface area contributed by atoms with Crippen LogP contribution in [0.3, 0.4) is 0 Å². The molecular formula is C21H17ClN4O2. The first-order valence-electron chi connectivity index (χ1n) is 8.77. The summed E-state index contributed by atoms with van der Waals surface area (Å²) in [5.41, 5.74) is 9.42. The topological polar surface area (TPSA) is 97.0 Å². The molecule has 0 saturated heterocycles. The highest BCUT2D eigenvalue weighted by Gasteiger charge is 2.36. The maximum atomic E-state index is 9.75. The van der Waals surface area contributed by atoms with Crippen molar-refractivity contribution in [1.82, 2.24) is 10.2 Å². The van der Waals surface area contributed by atoms with Crippen LogP contribution in [0.4, 0.5) is 0 Å². The van der Waals surface area contributed by atoms with Gasteiger partial charge in [-0.3, -0.25) is 5.10 Å². The smallest absolute Gasteiger partial charge is 0.244 e. The molecule has 7 heteroatoms. The number of benzene rings is 2. The van der Waals surface area contributed by atoms with Gasteiger partial charge in [-0.2, -0.15) is 5.26 Å². The van der Waals surface area contributed by atoms with Gasteiger partial charge >= 0.3 is 0 Å². The Labute approximate surface area is 167 Å². The van der Waals surface area contributed by atoms with E-state index < -0.39 is 5.92 Å². The van der Waals surface area contributed by atoms with Crippen molar-refractivity contribution in [1.29, 1.82) is 5.26 Å². The molecule has 0 fully saturated rings. The summed E-state index contributed by atoms with van der Waals surface area (Å²) in [6, 6.07) is 17.2. The maximum absolute atomic E-state index is 9.75. The number of ether oxygens (including phenoxy) is 2. The molecule has 0 radical (unpaired) electrons. The van der Waals surface area contributed by atoms with Crippen LogP contribution in [0.1, 0.15) is 24.0 Å². The number of nitriles is 1. The number of halogens is 1. The molecule has 1 atom stereocenters. The van der Waals surface area contributed by atoms with E-state index in [0.717, 1.165) is 28.1 Å². The molecule has 1 aromatic heterocycles. The number of aromatic nitrogens is 2. The number of nitrogens with two attached hydrogens (primary N) is 1. The van der Waals surface area contributed by atoms with Gasteiger partial charge in [-0.25, -0.2) is 0 Å². The number of H-pyrrole nitrogens is 1. The number of fused-ring (bicyclic) bond motifs is 1. The summed E-state index contributed by atoms with van der Waals surface area (Å²) in [4.78, 5) is 0. The predicted octanol–water partition coefficient (Wildman–Crippen LogP) is 4.35. The molecule has 28 heavy (non-hydrogen) atoms. The summed E-state index contributed by atoms with van der Waals surface area (Å²) in [7, 11) is 0. The lowest BCUT2D eigenvalue weighted by atomic mass is 9.83. The Balaban J connectivity index is 1.89. The van der Waals surface area contributed by atoms with Gasteiger partial charge < -0.3 is 15.2 Å². The lowest BCUT2D eigenvalue weighted by Crippen LogP contribution is -2.21. The summed E-state index contributed by atoms with van der Waals surface area (Å²) in [5.74, 6) is 0.665. The van der Waals surface area contributed by atoms with E-state index in [1.54, 1.807) is 6.07 Å². The zero-order valence-corrected chi connectivity index (χ0v) is 15.8. The second-order valence-corrected chi connectivity index (χ2v) is 6.63. The van der Waals surface area contributed by atoms with E-state index in [4.69, 9.17) is 26.8 Å². The van der Waals surface area contributed by atoms with Crippen molar-refractivity contribution in [3.63, 3.8) is 0 Å². The summed E-state index contributed by atoms with van der Waals surface area (Å²) >= 11 is 6.45. The van der Waals surface area contributed by atoms with E-state index in [1.165, 1.54) is 0 Å². The van der Waals surface area contributed by atoms with Crippen molar-refractivity contribution >= 4 is 11.6 Å². The van der Waals surface area contributed by atoms with Gasteiger partial charge in [0, 0.05) is 10.6 Å². The minimum atomic E-state index is -0.484. The van der Waals surface area contributed by atoms with Gasteiger partial charge in [0.05, 0.1) is 23.8 Å². The molecular weight excluding hydrogens is 376 g/mol. The second-order valence-electron chi connectivity index (χ2n) is 6.22. The highest BCUT2D eigenvalue weighted by Crippen LogP contribution is 2.47. The quantitative estimate of drug-likeness (QED) is 0.688. The minimum Gasteiger partial charge on any atom is -0.494 e. The monoisotopic (exact) mass is 392 g/mol. The molecule has 2 aromatic carbocycles. The number of hydrogen-bond donors (Lipinski definition) is 2. The number of nitrogens with zero attached hydrogens (tertiary/aromatic N) is 2. The van der Waals surface area contributed by atoms with Crippen LogP contribution >= 0.6 is 11.6 Å². The van der Waals surface area contributed by atoms with E-state index >= 15 is 0 Å². The van der Waals surface area contributed by atoms with Gasteiger partial charge in [-0.1, -0.05) is 29.8 Å². The first kappa shape index (κ1) is 18.0. The van der Waals surface area contributed by atoms with Crippen molar-refractivity contribution in [2.75, 3.05) is 6.61 Å². The summed E-state index contributed by atoms with van der Waals surface area (Å²) in [6.45, 7) is 2.53.